The van der Waals surface area contributed by atoms with Gasteiger partial charge in [0, 0.05) is 5.56 Å². The predicted molar refractivity (Wildman–Crippen MR) is 65.7 cm³/mol. The maximum atomic E-state index is 10.4. The topological polar surface area (TPSA) is 85.0 Å². The highest BCUT2D eigenvalue weighted by Crippen LogP contribution is 2.16. The molecule has 0 amide bonds. The van der Waals surface area contributed by atoms with E-state index in [4.69, 9.17) is 15.9 Å². The zero-order valence-corrected chi connectivity index (χ0v) is 9.81. The number of nitrogens with one attached hydrogen (secondary N) is 2. The summed E-state index contributed by atoms with van der Waals surface area (Å²) >= 11 is 0.642. The van der Waals surface area contributed by atoms with E-state index in [-0.39, 0.29) is 5.04 Å². The lowest BCUT2D eigenvalue weighted by atomic mass is 10.1. The molecule has 1 rings (SSSR count). The molecule has 0 atom stereocenters. The van der Waals surface area contributed by atoms with Crippen LogP contribution in [0.25, 0.3) is 0 Å². The molecule has 5 heteroatoms. The van der Waals surface area contributed by atoms with Crippen molar-refractivity contribution >= 4 is 27.8 Å². The molecular weight excluding hydrogens is 224 g/mol. The number of rotatable bonds is 1. The molecule has 0 bridgehead atoms. The van der Waals surface area contributed by atoms with E-state index in [1.165, 1.54) is 0 Å². The third-order valence-electron chi connectivity index (χ3n) is 2.17. The Hall–Kier alpha value is -1.62. The van der Waals surface area contributed by atoms with Gasteiger partial charge in [-0.15, -0.1) is 0 Å². The molecule has 0 aliphatic carbocycles. The maximum absolute atomic E-state index is 10.4. The zero-order valence-electron chi connectivity index (χ0n) is 9.00. The summed E-state index contributed by atoms with van der Waals surface area (Å²) in [6.45, 7) is 3.90. The van der Waals surface area contributed by atoms with Gasteiger partial charge < -0.3 is 5.11 Å². The Bertz CT molecular complexity index is 469. The average molecular weight is 236 g/mol. The zero-order chi connectivity index (χ0) is 12.3. The van der Waals surface area contributed by atoms with Gasteiger partial charge in [-0.3, -0.25) is 10.8 Å². The van der Waals surface area contributed by atoms with E-state index in [1.807, 2.05) is 26.0 Å². The quantitative estimate of drug-likeness (QED) is 0.517. The second-order valence-corrected chi connectivity index (χ2v) is 4.39. The third-order valence-corrected chi connectivity index (χ3v) is 2.99. The van der Waals surface area contributed by atoms with Crippen molar-refractivity contribution in [2.75, 3.05) is 0 Å². The molecule has 0 saturated carbocycles. The normalized spacial score (nSPS) is 9.88. The van der Waals surface area contributed by atoms with Crippen molar-refractivity contribution in [3.8, 4) is 0 Å². The Labute approximate surface area is 97.7 Å². The summed E-state index contributed by atoms with van der Waals surface area (Å²) in [5, 5.41) is 22.9. The Kier molecular flexibility index (Phi) is 3.84. The van der Waals surface area contributed by atoms with Crippen LogP contribution in [-0.4, -0.2) is 21.2 Å². The molecule has 84 valence electrons. The van der Waals surface area contributed by atoms with Crippen molar-refractivity contribution in [2.45, 2.75) is 13.8 Å². The van der Waals surface area contributed by atoms with Crippen LogP contribution in [0.1, 0.15) is 16.7 Å². The highest BCUT2D eigenvalue weighted by molar-refractivity contribution is 8.28. The van der Waals surface area contributed by atoms with Gasteiger partial charge in [-0.25, -0.2) is 4.79 Å². The molecule has 3 N–H and O–H groups in total. The fourth-order valence-electron chi connectivity index (χ4n) is 1.09. The number of hydrogen-bond donors (Lipinski definition) is 3. The van der Waals surface area contributed by atoms with Gasteiger partial charge in [0.05, 0.1) is 0 Å². The number of aliphatic carboxylic acids is 1. The molecule has 1 aromatic rings. The predicted octanol–water partition coefficient (Wildman–Crippen LogP) is 2.42. The summed E-state index contributed by atoms with van der Waals surface area (Å²) in [7, 11) is 0. The number of carboxylic acid groups (broad SMARTS) is 1. The van der Waals surface area contributed by atoms with Gasteiger partial charge in [-0.05, 0) is 42.8 Å². The first kappa shape index (κ1) is 12.4. The number of thioether (sulfide) groups is 1. The summed E-state index contributed by atoms with van der Waals surface area (Å²) in [5.41, 5.74) is 2.80. The molecule has 0 fully saturated rings. The summed E-state index contributed by atoms with van der Waals surface area (Å²) < 4.78 is 0. The molecule has 0 spiro atoms. The highest BCUT2D eigenvalue weighted by Gasteiger charge is 2.12. The molecule has 0 aliphatic heterocycles. The second kappa shape index (κ2) is 4.94. The fraction of sp³-hybridized carbons (Fsp3) is 0.182. The number of carbonyl (C=O) groups is 1. The van der Waals surface area contributed by atoms with E-state index in [9.17, 15) is 4.79 Å². The van der Waals surface area contributed by atoms with Gasteiger partial charge in [0.1, 0.15) is 5.04 Å². The van der Waals surface area contributed by atoms with Crippen LogP contribution in [-0.2, 0) is 4.79 Å². The molecule has 0 aliphatic rings. The second-order valence-electron chi connectivity index (χ2n) is 3.36. The Balaban J connectivity index is 2.85. The molecule has 0 saturated heterocycles. The van der Waals surface area contributed by atoms with Crippen molar-refractivity contribution in [3.05, 3.63) is 34.9 Å². The minimum Gasteiger partial charge on any atom is -0.476 e. The minimum absolute atomic E-state index is 0.0792. The van der Waals surface area contributed by atoms with E-state index in [2.05, 4.69) is 0 Å². The lowest BCUT2D eigenvalue weighted by Crippen LogP contribution is -2.10. The summed E-state index contributed by atoms with van der Waals surface area (Å²) in [6.07, 6.45) is 0. The summed E-state index contributed by atoms with van der Waals surface area (Å²) in [5.74, 6) is -1.31. The number of carboxylic acids is 1. The first-order chi connectivity index (χ1) is 7.41. The van der Waals surface area contributed by atoms with Gasteiger partial charge in [0.2, 0.25) is 0 Å². The van der Waals surface area contributed by atoms with Gasteiger partial charge in [0.15, 0.2) is 5.04 Å². The Morgan fingerprint density at radius 1 is 1.25 bits per heavy atom. The first-order valence-corrected chi connectivity index (χ1v) is 5.39. The van der Waals surface area contributed by atoms with Gasteiger partial charge in [-0.1, -0.05) is 12.1 Å². The van der Waals surface area contributed by atoms with Crippen LogP contribution in [0.4, 0.5) is 0 Å². The smallest absolute Gasteiger partial charge is 0.360 e. The van der Waals surface area contributed by atoms with E-state index >= 15 is 0 Å². The van der Waals surface area contributed by atoms with E-state index in [1.54, 1.807) is 6.07 Å². The molecule has 1 aromatic carbocycles. The number of aryl methyl sites for hydroxylation is 2. The van der Waals surface area contributed by atoms with Crippen molar-refractivity contribution in [3.63, 3.8) is 0 Å². The van der Waals surface area contributed by atoms with Crippen LogP contribution in [0, 0.1) is 24.7 Å². The average Bonchev–Trinajstić information content (AvgIpc) is 2.21. The summed E-state index contributed by atoms with van der Waals surface area (Å²) in [6, 6.07) is 5.46. The molecule has 16 heavy (non-hydrogen) atoms. The number of benzene rings is 1. The third kappa shape index (κ3) is 2.93. The largest absolute Gasteiger partial charge is 0.476 e. The molecule has 0 aromatic heterocycles. The minimum atomic E-state index is -1.31. The van der Waals surface area contributed by atoms with Gasteiger partial charge in [-0.2, -0.15) is 0 Å². The van der Waals surface area contributed by atoms with Crippen LogP contribution in [0.15, 0.2) is 18.2 Å². The highest BCUT2D eigenvalue weighted by atomic mass is 32.2. The standard InChI is InChI=1S/C11H12N2O2S/c1-6-3-4-8(5-7(6)2)9(12)16-10(13)11(14)15/h3-5,12-13H,1-2H3,(H,14,15). The lowest BCUT2D eigenvalue weighted by Gasteiger charge is -2.05. The van der Waals surface area contributed by atoms with Crippen molar-refractivity contribution in [2.24, 2.45) is 0 Å². The number of hydrogen-bond acceptors (Lipinski definition) is 4. The molecule has 4 nitrogen and oxygen atoms in total. The summed E-state index contributed by atoms with van der Waals surface area (Å²) in [4.78, 5) is 10.4. The van der Waals surface area contributed by atoms with Crippen LogP contribution in [0.5, 0.6) is 0 Å². The van der Waals surface area contributed by atoms with E-state index in [0.717, 1.165) is 11.1 Å². The fourth-order valence-corrected chi connectivity index (χ4v) is 1.62. The van der Waals surface area contributed by atoms with Crippen LogP contribution >= 0.6 is 11.8 Å². The van der Waals surface area contributed by atoms with E-state index < -0.39 is 11.0 Å². The molecule has 0 heterocycles. The van der Waals surface area contributed by atoms with E-state index in [0.29, 0.717) is 17.3 Å². The van der Waals surface area contributed by atoms with Gasteiger partial charge >= 0.3 is 5.97 Å². The SMILES string of the molecule is Cc1ccc(C(=N)SC(=N)C(=O)O)cc1C. The van der Waals surface area contributed by atoms with Gasteiger partial charge in [0.25, 0.3) is 0 Å². The Morgan fingerprint density at radius 2 is 1.88 bits per heavy atom. The molecule has 0 radical (unpaired) electrons. The van der Waals surface area contributed by atoms with Crippen molar-refractivity contribution < 1.29 is 9.90 Å². The first-order valence-electron chi connectivity index (χ1n) is 4.57. The molecule has 0 unspecified atom stereocenters. The lowest BCUT2D eigenvalue weighted by molar-refractivity contribution is -0.129. The van der Waals surface area contributed by atoms with Crippen LogP contribution in [0.3, 0.4) is 0 Å². The molecular formula is C11H12N2O2S. The van der Waals surface area contributed by atoms with Crippen LogP contribution < -0.4 is 0 Å². The monoisotopic (exact) mass is 236 g/mol. The van der Waals surface area contributed by atoms with Crippen molar-refractivity contribution in [1.29, 1.82) is 10.8 Å². The van der Waals surface area contributed by atoms with Crippen molar-refractivity contribution in [1.82, 2.24) is 0 Å². The van der Waals surface area contributed by atoms with Crippen LogP contribution in [0.2, 0.25) is 0 Å². The maximum Gasteiger partial charge on any atom is 0.360 e. The Morgan fingerprint density at radius 3 is 2.38 bits per heavy atom.